The Morgan fingerprint density at radius 2 is 2.17 bits per heavy atom. The van der Waals surface area contributed by atoms with Crippen molar-refractivity contribution in [3.63, 3.8) is 0 Å². The minimum Gasteiger partial charge on any atom is -0.478 e. The normalized spacial score (nSPS) is 9.83. The fraction of sp³-hybridized carbons (Fsp3) is 0.125. The second-order valence-corrected chi connectivity index (χ2v) is 3.00. The van der Waals surface area contributed by atoms with Gasteiger partial charge in [-0.25, -0.2) is 4.79 Å². The van der Waals surface area contributed by atoms with Gasteiger partial charge in [-0.3, -0.25) is 0 Å². The lowest BCUT2D eigenvalue weighted by Crippen LogP contribution is -2.00. The van der Waals surface area contributed by atoms with Crippen LogP contribution in [0.25, 0.3) is 0 Å². The Kier molecular flexibility index (Phi) is 2.28. The van der Waals surface area contributed by atoms with E-state index in [1.54, 1.807) is 6.92 Å². The van der Waals surface area contributed by atoms with Gasteiger partial charge in [0.1, 0.15) is 0 Å². The van der Waals surface area contributed by atoms with Crippen LogP contribution in [0.4, 0.5) is 5.69 Å². The van der Waals surface area contributed by atoms with E-state index < -0.39 is 5.97 Å². The van der Waals surface area contributed by atoms with Gasteiger partial charge in [-0.1, -0.05) is 0 Å². The van der Waals surface area contributed by atoms with Crippen LogP contribution in [0.5, 0.6) is 0 Å². The molecule has 0 bridgehead atoms. The lowest BCUT2D eigenvalue weighted by molar-refractivity contribution is 0.0696. The minimum absolute atomic E-state index is 0.170. The molecule has 0 spiro atoms. The summed E-state index contributed by atoms with van der Waals surface area (Å²) < 4.78 is 0. The first-order valence-electron chi connectivity index (χ1n) is 3.34. The average molecular weight is 183 g/mol. The molecule has 3 nitrogen and oxygen atoms in total. The third-order valence-corrected chi connectivity index (χ3v) is 2.13. The largest absolute Gasteiger partial charge is 0.478 e. The van der Waals surface area contributed by atoms with E-state index in [2.05, 4.69) is 12.6 Å². The predicted molar refractivity (Wildman–Crippen MR) is 49.8 cm³/mol. The highest BCUT2D eigenvalue weighted by atomic mass is 32.1. The molecule has 0 saturated carbocycles. The average Bonchev–Trinajstić information content (AvgIpc) is 1.99. The van der Waals surface area contributed by atoms with E-state index >= 15 is 0 Å². The Bertz CT molecular complexity index is 313. The molecule has 0 atom stereocenters. The molecule has 0 aliphatic carbocycles. The topological polar surface area (TPSA) is 63.3 Å². The fourth-order valence-corrected chi connectivity index (χ4v) is 1.11. The van der Waals surface area contributed by atoms with Crippen molar-refractivity contribution >= 4 is 24.3 Å². The monoisotopic (exact) mass is 183 g/mol. The molecule has 0 amide bonds. The highest BCUT2D eigenvalue weighted by Gasteiger charge is 2.06. The van der Waals surface area contributed by atoms with Gasteiger partial charge in [0.2, 0.25) is 0 Å². The first kappa shape index (κ1) is 8.93. The van der Waals surface area contributed by atoms with Gasteiger partial charge in [0.25, 0.3) is 0 Å². The maximum atomic E-state index is 10.5. The first-order valence-corrected chi connectivity index (χ1v) is 3.79. The van der Waals surface area contributed by atoms with E-state index in [4.69, 9.17) is 10.8 Å². The smallest absolute Gasteiger partial charge is 0.335 e. The maximum Gasteiger partial charge on any atom is 0.335 e. The summed E-state index contributed by atoms with van der Waals surface area (Å²) in [5.74, 6) is -0.989. The second-order valence-electron chi connectivity index (χ2n) is 2.51. The van der Waals surface area contributed by atoms with E-state index in [1.807, 2.05) is 0 Å². The van der Waals surface area contributed by atoms with Crippen LogP contribution < -0.4 is 5.73 Å². The molecule has 0 aliphatic rings. The summed E-state index contributed by atoms with van der Waals surface area (Å²) in [5.41, 5.74) is 6.98. The van der Waals surface area contributed by atoms with E-state index in [-0.39, 0.29) is 5.56 Å². The van der Waals surface area contributed by atoms with Crippen LogP contribution in [0.3, 0.4) is 0 Å². The third-order valence-electron chi connectivity index (χ3n) is 1.67. The Hall–Kier alpha value is -1.16. The van der Waals surface area contributed by atoms with Crippen molar-refractivity contribution in [3.8, 4) is 0 Å². The van der Waals surface area contributed by atoms with Gasteiger partial charge in [-0.15, -0.1) is 12.6 Å². The van der Waals surface area contributed by atoms with Crippen molar-refractivity contribution < 1.29 is 9.90 Å². The van der Waals surface area contributed by atoms with E-state index in [0.717, 1.165) is 5.56 Å². The molecule has 1 aromatic rings. The molecule has 0 fully saturated rings. The van der Waals surface area contributed by atoms with Crippen LogP contribution >= 0.6 is 12.6 Å². The molecule has 0 saturated heterocycles. The lowest BCUT2D eigenvalue weighted by Gasteiger charge is -2.04. The summed E-state index contributed by atoms with van der Waals surface area (Å²) in [6.45, 7) is 1.79. The minimum atomic E-state index is -0.989. The molecule has 0 unspecified atom stereocenters. The quantitative estimate of drug-likeness (QED) is 0.457. The number of anilines is 1. The lowest BCUT2D eigenvalue weighted by atomic mass is 10.1. The molecule has 64 valence electrons. The van der Waals surface area contributed by atoms with Crippen LogP contribution in [0, 0.1) is 6.92 Å². The van der Waals surface area contributed by atoms with Gasteiger partial charge >= 0.3 is 5.97 Å². The molecule has 1 rings (SSSR count). The Morgan fingerprint density at radius 3 is 2.58 bits per heavy atom. The number of aromatic carboxylic acids is 1. The van der Waals surface area contributed by atoms with Gasteiger partial charge in [-0.05, 0) is 24.6 Å². The van der Waals surface area contributed by atoms with Gasteiger partial charge in [0.15, 0.2) is 0 Å². The molecule has 12 heavy (non-hydrogen) atoms. The maximum absolute atomic E-state index is 10.5. The van der Waals surface area contributed by atoms with Crippen molar-refractivity contribution in [2.45, 2.75) is 11.8 Å². The van der Waals surface area contributed by atoms with E-state index in [9.17, 15) is 4.79 Å². The summed E-state index contributed by atoms with van der Waals surface area (Å²) in [5, 5.41) is 8.64. The van der Waals surface area contributed by atoms with Crippen molar-refractivity contribution in [3.05, 3.63) is 23.3 Å². The van der Waals surface area contributed by atoms with Gasteiger partial charge < -0.3 is 10.8 Å². The number of nitrogen functional groups attached to an aromatic ring is 1. The molecule has 0 radical (unpaired) electrons. The van der Waals surface area contributed by atoms with Crippen LogP contribution in [0.15, 0.2) is 17.0 Å². The number of hydrogen-bond donors (Lipinski definition) is 3. The Labute approximate surface area is 75.6 Å². The zero-order valence-corrected chi connectivity index (χ0v) is 7.43. The zero-order chi connectivity index (χ0) is 9.30. The highest BCUT2D eigenvalue weighted by Crippen LogP contribution is 2.21. The Morgan fingerprint density at radius 1 is 1.58 bits per heavy atom. The third kappa shape index (κ3) is 1.53. The molecule has 0 aliphatic heterocycles. The van der Waals surface area contributed by atoms with Gasteiger partial charge in [-0.2, -0.15) is 0 Å². The molecule has 0 heterocycles. The van der Waals surface area contributed by atoms with Crippen LogP contribution in [0.2, 0.25) is 0 Å². The van der Waals surface area contributed by atoms with Crippen LogP contribution in [-0.4, -0.2) is 11.1 Å². The number of nitrogens with two attached hydrogens (primary N) is 1. The number of carboxylic acids is 1. The highest BCUT2D eigenvalue weighted by molar-refractivity contribution is 7.80. The molecule has 0 aromatic heterocycles. The fourth-order valence-electron chi connectivity index (χ4n) is 0.844. The molecular weight excluding hydrogens is 174 g/mol. The number of carbonyl (C=O) groups is 1. The first-order chi connectivity index (χ1) is 5.52. The summed E-state index contributed by atoms with van der Waals surface area (Å²) >= 11 is 4.09. The van der Waals surface area contributed by atoms with Crippen molar-refractivity contribution in [2.24, 2.45) is 0 Å². The number of hydrogen-bond acceptors (Lipinski definition) is 3. The van der Waals surface area contributed by atoms with Crippen molar-refractivity contribution in [2.75, 3.05) is 5.73 Å². The molecule has 4 heteroatoms. The zero-order valence-electron chi connectivity index (χ0n) is 6.53. The summed E-state index contributed by atoms with van der Waals surface area (Å²) in [4.78, 5) is 11.1. The van der Waals surface area contributed by atoms with Crippen LogP contribution in [-0.2, 0) is 0 Å². The number of benzene rings is 1. The molecule has 1 aromatic carbocycles. The van der Waals surface area contributed by atoms with E-state index in [1.165, 1.54) is 12.1 Å². The Balaban J connectivity index is 3.31. The standard InChI is InChI=1S/C8H9NO2S/c1-4-6(9)2-5(8(10)11)3-7(4)12/h2-3,12H,9H2,1H3,(H,10,11). The predicted octanol–water partition coefficient (Wildman–Crippen LogP) is 1.56. The number of rotatable bonds is 1. The van der Waals surface area contributed by atoms with E-state index in [0.29, 0.717) is 10.6 Å². The number of carboxylic acid groups (broad SMARTS) is 1. The summed E-state index contributed by atoms with van der Waals surface area (Å²) in [6.07, 6.45) is 0. The number of thiol groups is 1. The SMILES string of the molecule is Cc1c(N)cc(C(=O)O)cc1S. The van der Waals surface area contributed by atoms with Crippen molar-refractivity contribution in [1.82, 2.24) is 0 Å². The molecule has 3 N–H and O–H groups in total. The van der Waals surface area contributed by atoms with Gasteiger partial charge in [0, 0.05) is 10.6 Å². The van der Waals surface area contributed by atoms with Crippen molar-refractivity contribution in [1.29, 1.82) is 0 Å². The molecular formula is C8H9NO2S. The second kappa shape index (κ2) is 3.06. The van der Waals surface area contributed by atoms with Gasteiger partial charge in [0.05, 0.1) is 5.56 Å². The summed E-state index contributed by atoms with van der Waals surface area (Å²) in [6, 6.07) is 2.91. The summed E-state index contributed by atoms with van der Waals surface area (Å²) in [7, 11) is 0. The van der Waals surface area contributed by atoms with Crippen LogP contribution in [0.1, 0.15) is 15.9 Å².